The van der Waals surface area contributed by atoms with E-state index in [0.29, 0.717) is 12.8 Å². The molecule has 1 rings (SSSR count). The third-order valence-corrected chi connectivity index (χ3v) is 3.52. The molecule has 0 aromatic carbocycles. The van der Waals surface area contributed by atoms with E-state index in [1.807, 2.05) is 6.92 Å². The summed E-state index contributed by atoms with van der Waals surface area (Å²) in [7, 11) is 0. The fourth-order valence-electron chi connectivity index (χ4n) is 2.12. The molecule has 16 heavy (non-hydrogen) atoms. The Balaban J connectivity index is 2.59. The topological polar surface area (TPSA) is 66.4 Å². The number of carboxylic acid groups (broad SMARTS) is 1. The Morgan fingerprint density at radius 1 is 1.38 bits per heavy atom. The van der Waals surface area contributed by atoms with Gasteiger partial charge in [0.15, 0.2) is 0 Å². The summed E-state index contributed by atoms with van der Waals surface area (Å²) in [5, 5.41) is 12.0. The molecule has 0 spiro atoms. The van der Waals surface area contributed by atoms with Crippen LogP contribution in [0.1, 0.15) is 52.4 Å². The Hall–Kier alpha value is -1.06. The Bertz CT molecular complexity index is 271. The zero-order chi connectivity index (χ0) is 12.2. The number of nitrogens with one attached hydrogen (secondary N) is 1. The summed E-state index contributed by atoms with van der Waals surface area (Å²) < 4.78 is 0. The van der Waals surface area contributed by atoms with E-state index in [9.17, 15) is 9.59 Å². The molecule has 1 fully saturated rings. The van der Waals surface area contributed by atoms with Crippen molar-refractivity contribution in [2.24, 2.45) is 5.41 Å². The maximum absolute atomic E-state index is 11.9. The van der Waals surface area contributed by atoms with E-state index < -0.39 is 11.4 Å². The van der Waals surface area contributed by atoms with Gasteiger partial charge < -0.3 is 10.4 Å². The minimum Gasteiger partial charge on any atom is -0.480 e. The molecule has 92 valence electrons. The fraction of sp³-hybridized carbons (Fsp3) is 0.833. The van der Waals surface area contributed by atoms with Crippen LogP contribution in [0.2, 0.25) is 0 Å². The predicted molar refractivity (Wildman–Crippen MR) is 61.0 cm³/mol. The summed E-state index contributed by atoms with van der Waals surface area (Å²) >= 11 is 0. The van der Waals surface area contributed by atoms with E-state index in [2.05, 4.69) is 12.2 Å². The second kappa shape index (κ2) is 5.32. The van der Waals surface area contributed by atoms with Gasteiger partial charge in [0.05, 0.1) is 0 Å². The largest absolute Gasteiger partial charge is 0.480 e. The Morgan fingerprint density at radius 2 is 2.00 bits per heavy atom. The Labute approximate surface area is 96.4 Å². The summed E-state index contributed by atoms with van der Waals surface area (Å²) in [5.74, 6) is -1.26. The van der Waals surface area contributed by atoms with Crippen LogP contribution in [0.25, 0.3) is 0 Å². The van der Waals surface area contributed by atoms with Crippen molar-refractivity contribution in [3.8, 4) is 0 Å². The zero-order valence-electron chi connectivity index (χ0n) is 10.1. The van der Waals surface area contributed by atoms with Crippen LogP contribution in [0.4, 0.5) is 0 Å². The molecule has 1 amide bonds. The second-order valence-corrected chi connectivity index (χ2v) is 4.61. The van der Waals surface area contributed by atoms with Crippen LogP contribution in [0.5, 0.6) is 0 Å². The lowest BCUT2D eigenvalue weighted by molar-refractivity contribution is -0.162. The lowest BCUT2D eigenvalue weighted by Gasteiger charge is -2.37. The summed E-state index contributed by atoms with van der Waals surface area (Å²) in [5.41, 5.74) is -1.12. The molecule has 0 bridgehead atoms. The molecule has 1 saturated carbocycles. The normalized spacial score (nSPS) is 19.6. The highest BCUT2D eigenvalue weighted by Crippen LogP contribution is 2.41. The molecule has 0 radical (unpaired) electrons. The molecule has 0 aliphatic heterocycles. The maximum Gasteiger partial charge on any atom is 0.319 e. The van der Waals surface area contributed by atoms with Gasteiger partial charge >= 0.3 is 5.97 Å². The quantitative estimate of drug-likeness (QED) is 0.681. The third kappa shape index (κ3) is 2.36. The van der Waals surface area contributed by atoms with Crippen molar-refractivity contribution >= 4 is 11.9 Å². The minimum absolute atomic E-state index is 0.120. The number of aliphatic carboxylic acids is 1. The molecule has 4 nitrogen and oxygen atoms in total. The number of hydrogen-bond acceptors (Lipinski definition) is 2. The van der Waals surface area contributed by atoms with E-state index in [0.717, 1.165) is 25.7 Å². The minimum atomic E-state index is -1.12. The van der Waals surface area contributed by atoms with Gasteiger partial charge in [0.2, 0.25) is 5.91 Å². The average molecular weight is 227 g/mol. The number of carboxylic acids is 1. The van der Waals surface area contributed by atoms with Crippen molar-refractivity contribution in [1.82, 2.24) is 5.32 Å². The van der Waals surface area contributed by atoms with Crippen LogP contribution in [-0.4, -0.2) is 23.0 Å². The molecule has 0 aromatic rings. The molecule has 4 heteroatoms. The SMILES string of the molecule is CCCC(CC)NC(=O)C1(C(=O)O)CCC1. The van der Waals surface area contributed by atoms with Crippen LogP contribution in [0.15, 0.2) is 0 Å². The molecule has 1 unspecified atom stereocenters. The van der Waals surface area contributed by atoms with Crippen molar-refractivity contribution in [1.29, 1.82) is 0 Å². The van der Waals surface area contributed by atoms with Gasteiger partial charge in [-0.3, -0.25) is 9.59 Å². The van der Waals surface area contributed by atoms with Crippen LogP contribution in [-0.2, 0) is 9.59 Å². The van der Waals surface area contributed by atoms with Crippen molar-refractivity contribution in [3.63, 3.8) is 0 Å². The maximum atomic E-state index is 11.9. The number of carbonyl (C=O) groups is 2. The van der Waals surface area contributed by atoms with E-state index in [1.54, 1.807) is 0 Å². The average Bonchev–Trinajstić information content (AvgIpc) is 2.14. The highest BCUT2D eigenvalue weighted by molar-refractivity contribution is 6.02. The summed E-state index contributed by atoms with van der Waals surface area (Å²) in [6.07, 6.45) is 4.57. The molecule has 1 aliphatic rings. The Morgan fingerprint density at radius 3 is 2.31 bits per heavy atom. The molecule has 0 saturated heterocycles. The first-order valence-corrected chi connectivity index (χ1v) is 6.11. The molecule has 1 aliphatic carbocycles. The summed E-state index contributed by atoms with van der Waals surface area (Å²) in [4.78, 5) is 23.1. The number of rotatable bonds is 6. The summed E-state index contributed by atoms with van der Waals surface area (Å²) in [6, 6.07) is 0.120. The molecular formula is C12H21NO3. The van der Waals surface area contributed by atoms with Gasteiger partial charge in [0, 0.05) is 6.04 Å². The lowest BCUT2D eigenvalue weighted by Crippen LogP contribution is -2.53. The molecule has 1 atom stereocenters. The first-order valence-electron chi connectivity index (χ1n) is 6.11. The molecule has 0 heterocycles. The van der Waals surface area contributed by atoms with Gasteiger partial charge in [0.25, 0.3) is 0 Å². The number of hydrogen-bond donors (Lipinski definition) is 2. The first kappa shape index (κ1) is 13.0. The zero-order valence-corrected chi connectivity index (χ0v) is 10.1. The van der Waals surface area contributed by atoms with Gasteiger partial charge in [0.1, 0.15) is 5.41 Å². The van der Waals surface area contributed by atoms with Gasteiger partial charge in [-0.25, -0.2) is 0 Å². The monoisotopic (exact) mass is 227 g/mol. The predicted octanol–water partition coefficient (Wildman–Crippen LogP) is 1.94. The third-order valence-electron chi connectivity index (χ3n) is 3.52. The number of carbonyl (C=O) groups excluding carboxylic acids is 1. The van der Waals surface area contributed by atoms with Crippen molar-refractivity contribution in [3.05, 3.63) is 0 Å². The van der Waals surface area contributed by atoms with E-state index in [1.165, 1.54) is 0 Å². The Kier molecular flexibility index (Phi) is 4.33. The fourth-order valence-corrected chi connectivity index (χ4v) is 2.12. The van der Waals surface area contributed by atoms with Crippen molar-refractivity contribution in [2.45, 2.75) is 58.4 Å². The standard InChI is InChI=1S/C12H21NO3/c1-3-6-9(4-2)13-10(14)12(11(15)16)7-5-8-12/h9H,3-8H2,1-2H3,(H,13,14)(H,15,16). The van der Waals surface area contributed by atoms with E-state index in [4.69, 9.17) is 5.11 Å². The highest BCUT2D eigenvalue weighted by Gasteiger charge is 2.51. The van der Waals surface area contributed by atoms with Gasteiger partial charge in [-0.15, -0.1) is 0 Å². The van der Waals surface area contributed by atoms with Gasteiger partial charge in [-0.1, -0.05) is 26.7 Å². The van der Waals surface area contributed by atoms with Crippen molar-refractivity contribution < 1.29 is 14.7 Å². The van der Waals surface area contributed by atoms with Gasteiger partial charge in [-0.05, 0) is 25.7 Å². The first-order chi connectivity index (χ1) is 7.56. The van der Waals surface area contributed by atoms with Crippen LogP contribution >= 0.6 is 0 Å². The van der Waals surface area contributed by atoms with E-state index >= 15 is 0 Å². The second-order valence-electron chi connectivity index (χ2n) is 4.61. The van der Waals surface area contributed by atoms with E-state index in [-0.39, 0.29) is 11.9 Å². The van der Waals surface area contributed by atoms with Crippen molar-refractivity contribution in [2.75, 3.05) is 0 Å². The molecule has 2 N–H and O–H groups in total. The van der Waals surface area contributed by atoms with Crippen LogP contribution < -0.4 is 5.32 Å². The van der Waals surface area contributed by atoms with Gasteiger partial charge in [-0.2, -0.15) is 0 Å². The van der Waals surface area contributed by atoms with Crippen LogP contribution in [0, 0.1) is 5.41 Å². The lowest BCUT2D eigenvalue weighted by atomic mass is 9.68. The highest BCUT2D eigenvalue weighted by atomic mass is 16.4. The molecular weight excluding hydrogens is 206 g/mol. The van der Waals surface area contributed by atoms with Crippen LogP contribution in [0.3, 0.4) is 0 Å². The smallest absolute Gasteiger partial charge is 0.319 e. The molecule has 0 aromatic heterocycles. The summed E-state index contributed by atoms with van der Waals surface area (Å²) in [6.45, 7) is 4.07. The number of amides is 1.